The topological polar surface area (TPSA) is 0 Å². The summed E-state index contributed by atoms with van der Waals surface area (Å²) < 4.78 is 0. The number of hydrogen-bond acceptors (Lipinski definition) is 0. The van der Waals surface area contributed by atoms with E-state index in [-0.39, 0.29) is 0 Å². The standard InChI is InChI=1S/C18H38/c1-14(2)13-15(3)17(7,8)11-12-18(9,10)16(4,5)6/h14-15H,11-13H2,1-10H3. The van der Waals surface area contributed by atoms with Crippen LogP contribution in [0.2, 0.25) is 0 Å². The maximum absolute atomic E-state index is 2.46. The van der Waals surface area contributed by atoms with Gasteiger partial charge in [-0.15, -0.1) is 0 Å². The highest BCUT2D eigenvalue weighted by molar-refractivity contribution is 4.86. The average molecular weight is 255 g/mol. The molecule has 0 saturated heterocycles. The molecule has 110 valence electrons. The van der Waals surface area contributed by atoms with Gasteiger partial charge in [0.2, 0.25) is 0 Å². The summed E-state index contributed by atoms with van der Waals surface area (Å²) in [7, 11) is 0. The zero-order chi connectivity index (χ0) is 14.8. The van der Waals surface area contributed by atoms with Crippen molar-refractivity contribution in [3.8, 4) is 0 Å². The van der Waals surface area contributed by atoms with Crippen molar-refractivity contribution < 1.29 is 0 Å². The van der Waals surface area contributed by atoms with Crippen molar-refractivity contribution in [1.82, 2.24) is 0 Å². The van der Waals surface area contributed by atoms with Gasteiger partial charge in [0.15, 0.2) is 0 Å². The van der Waals surface area contributed by atoms with Crippen molar-refractivity contribution >= 4 is 0 Å². The lowest BCUT2D eigenvalue weighted by atomic mass is 9.63. The van der Waals surface area contributed by atoms with Crippen LogP contribution in [0.15, 0.2) is 0 Å². The highest BCUT2D eigenvalue weighted by atomic mass is 14.4. The number of rotatable bonds is 6. The van der Waals surface area contributed by atoms with Gasteiger partial charge >= 0.3 is 0 Å². The molecule has 18 heavy (non-hydrogen) atoms. The summed E-state index contributed by atoms with van der Waals surface area (Å²) in [6.07, 6.45) is 4.01. The van der Waals surface area contributed by atoms with Crippen LogP contribution in [0.5, 0.6) is 0 Å². The molecule has 0 saturated carbocycles. The maximum Gasteiger partial charge on any atom is -0.0305 e. The molecule has 0 aliphatic rings. The predicted molar refractivity (Wildman–Crippen MR) is 84.9 cm³/mol. The molecule has 0 aliphatic heterocycles. The Balaban J connectivity index is 4.52. The molecule has 0 N–H and O–H groups in total. The molecular weight excluding hydrogens is 216 g/mol. The minimum Gasteiger partial charge on any atom is -0.0628 e. The van der Waals surface area contributed by atoms with Crippen LogP contribution < -0.4 is 0 Å². The Labute approximate surface area is 117 Å². The summed E-state index contributed by atoms with van der Waals surface area (Å²) in [6.45, 7) is 24.0. The Morgan fingerprint density at radius 1 is 0.722 bits per heavy atom. The molecule has 0 aromatic rings. The zero-order valence-corrected chi connectivity index (χ0v) is 14.8. The highest BCUT2D eigenvalue weighted by Crippen LogP contribution is 2.46. The molecule has 0 aromatic heterocycles. The second-order valence-electron chi connectivity index (χ2n) is 9.15. The highest BCUT2D eigenvalue weighted by Gasteiger charge is 2.35. The largest absolute Gasteiger partial charge is 0.0628 e. The van der Waals surface area contributed by atoms with Crippen LogP contribution in [-0.2, 0) is 0 Å². The second kappa shape index (κ2) is 5.97. The monoisotopic (exact) mass is 254 g/mol. The third-order valence-corrected chi connectivity index (χ3v) is 5.58. The van der Waals surface area contributed by atoms with Gasteiger partial charge in [0.05, 0.1) is 0 Å². The van der Waals surface area contributed by atoms with Crippen LogP contribution in [0.25, 0.3) is 0 Å². The fourth-order valence-corrected chi connectivity index (χ4v) is 2.28. The summed E-state index contributed by atoms with van der Waals surface area (Å²) in [6, 6.07) is 0. The average Bonchev–Trinajstić information content (AvgIpc) is 2.12. The van der Waals surface area contributed by atoms with Crippen molar-refractivity contribution in [2.75, 3.05) is 0 Å². The van der Waals surface area contributed by atoms with E-state index in [1.54, 1.807) is 0 Å². The van der Waals surface area contributed by atoms with E-state index in [1.165, 1.54) is 19.3 Å². The maximum atomic E-state index is 2.46. The minimum atomic E-state index is 0.393. The lowest BCUT2D eigenvalue weighted by Gasteiger charge is -2.42. The minimum absolute atomic E-state index is 0.393. The molecule has 0 rings (SSSR count). The molecular formula is C18H38. The van der Waals surface area contributed by atoms with Gasteiger partial charge in [-0.2, -0.15) is 0 Å². The van der Waals surface area contributed by atoms with E-state index in [1.807, 2.05) is 0 Å². The van der Waals surface area contributed by atoms with Crippen LogP contribution in [0.3, 0.4) is 0 Å². The van der Waals surface area contributed by atoms with Crippen LogP contribution in [-0.4, -0.2) is 0 Å². The van der Waals surface area contributed by atoms with E-state index < -0.39 is 0 Å². The first-order valence-corrected chi connectivity index (χ1v) is 7.79. The molecule has 0 amide bonds. The van der Waals surface area contributed by atoms with Gasteiger partial charge in [0, 0.05) is 0 Å². The van der Waals surface area contributed by atoms with Crippen LogP contribution in [0, 0.1) is 28.1 Å². The molecule has 1 unspecified atom stereocenters. The summed E-state index contributed by atoms with van der Waals surface area (Å²) in [4.78, 5) is 0. The molecule has 0 heterocycles. The normalized spacial score (nSPS) is 16.2. The van der Waals surface area contributed by atoms with Crippen LogP contribution >= 0.6 is 0 Å². The third kappa shape index (κ3) is 5.33. The fraction of sp³-hybridized carbons (Fsp3) is 1.00. The van der Waals surface area contributed by atoms with Crippen LogP contribution in [0.4, 0.5) is 0 Å². The SMILES string of the molecule is CC(C)CC(C)C(C)(C)CCC(C)(C)C(C)(C)C. The third-order valence-electron chi connectivity index (χ3n) is 5.58. The molecule has 0 aliphatic carbocycles. The van der Waals surface area contributed by atoms with Gasteiger partial charge in [-0.05, 0) is 47.3 Å². The first-order chi connectivity index (χ1) is 7.79. The molecule has 0 aromatic carbocycles. The Morgan fingerprint density at radius 3 is 1.50 bits per heavy atom. The van der Waals surface area contributed by atoms with Gasteiger partial charge in [-0.3, -0.25) is 0 Å². The quantitative estimate of drug-likeness (QED) is 0.504. The van der Waals surface area contributed by atoms with Gasteiger partial charge in [0.25, 0.3) is 0 Å². The second-order valence-corrected chi connectivity index (χ2v) is 9.15. The molecule has 0 fully saturated rings. The summed E-state index contributed by atoms with van der Waals surface area (Å²) in [5.41, 5.74) is 1.28. The van der Waals surface area contributed by atoms with E-state index in [0.29, 0.717) is 16.2 Å². The lowest BCUT2D eigenvalue weighted by molar-refractivity contribution is 0.0800. The van der Waals surface area contributed by atoms with Crippen LogP contribution in [0.1, 0.15) is 88.5 Å². The van der Waals surface area contributed by atoms with E-state index in [4.69, 9.17) is 0 Å². The smallest absolute Gasteiger partial charge is 0.0305 e. The van der Waals surface area contributed by atoms with Crippen molar-refractivity contribution in [3.05, 3.63) is 0 Å². The molecule has 0 spiro atoms. The Bertz CT molecular complexity index is 237. The van der Waals surface area contributed by atoms with Crippen molar-refractivity contribution in [2.24, 2.45) is 28.1 Å². The summed E-state index contributed by atoms with van der Waals surface area (Å²) in [5.74, 6) is 1.63. The van der Waals surface area contributed by atoms with Gasteiger partial charge in [0.1, 0.15) is 0 Å². The molecule has 1 atom stereocenters. The fourth-order valence-electron chi connectivity index (χ4n) is 2.28. The first-order valence-electron chi connectivity index (χ1n) is 7.79. The number of hydrogen-bond donors (Lipinski definition) is 0. The Morgan fingerprint density at radius 2 is 1.17 bits per heavy atom. The summed E-state index contributed by atoms with van der Waals surface area (Å²) >= 11 is 0. The first kappa shape index (κ1) is 18.0. The van der Waals surface area contributed by atoms with Crippen molar-refractivity contribution in [2.45, 2.75) is 88.5 Å². The lowest BCUT2D eigenvalue weighted by Crippen LogP contribution is -2.32. The van der Waals surface area contributed by atoms with Gasteiger partial charge < -0.3 is 0 Å². The Kier molecular flexibility index (Phi) is 5.97. The van der Waals surface area contributed by atoms with E-state index >= 15 is 0 Å². The predicted octanol–water partition coefficient (Wildman–Crippen LogP) is 6.55. The molecule has 0 bridgehead atoms. The van der Waals surface area contributed by atoms with Gasteiger partial charge in [-0.1, -0.05) is 69.2 Å². The molecule has 0 nitrogen and oxygen atoms in total. The van der Waals surface area contributed by atoms with Crippen molar-refractivity contribution in [3.63, 3.8) is 0 Å². The molecule has 0 radical (unpaired) electrons. The van der Waals surface area contributed by atoms with Gasteiger partial charge in [-0.25, -0.2) is 0 Å². The molecule has 0 heteroatoms. The van der Waals surface area contributed by atoms with E-state index in [0.717, 1.165) is 11.8 Å². The van der Waals surface area contributed by atoms with E-state index in [2.05, 4.69) is 69.2 Å². The summed E-state index contributed by atoms with van der Waals surface area (Å²) in [5, 5.41) is 0. The zero-order valence-electron chi connectivity index (χ0n) is 14.8. The van der Waals surface area contributed by atoms with E-state index in [9.17, 15) is 0 Å². The van der Waals surface area contributed by atoms with Crippen molar-refractivity contribution in [1.29, 1.82) is 0 Å². The Hall–Kier alpha value is 0.